The van der Waals surface area contributed by atoms with E-state index in [0.29, 0.717) is 10.6 Å². The Labute approximate surface area is 105 Å². The molecule has 19 heavy (non-hydrogen) atoms. The topological polar surface area (TPSA) is 70.5 Å². The maximum absolute atomic E-state index is 12.1. The minimum atomic E-state index is -4.86. The number of hydrogen-bond donors (Lipinski definition) is 1. The Hall–Kier alpha value is -2.12. The van der Waals surface area contributed by atoms with Crippen molar-refractivity contribution in [1.82, 2.24) is 9.88 Å². The van der Waals surface area contributed by atoms with Crippen LogP contribution in [0.4, 0.5) is 13.2 Å². The molecule has 0 aliphatic carbocycles. The Morgan fingerprint density at radius 2 is 1.95 bits per heavy atom. The summed E-state index contributed by atoms with van der Waals surface area (Å²) in [5.41, 5.74) is 0.488. The first-order chi connectivity index (χ1) is 8.79. The number of nitrogens with zero attached hydrogens (tertiary/aromatic N) is 2. The zero-order valence-electron chi connectivity index (χ0n) is 9.52. The van der Waals surface area contributed by atoms with Gasteiger partial charge < -0.3 is 10.0 Å². The highest BCUT2D eigenvalue weighted by atomic mass is 19.4. The monoisotopic (exact) mass is 274 g/mol. The molecule has 102 valence electrons. The summed E-state index contributed by atoms with van der Waals surface area (Å²) < 4.78 is 36.4. The first-order valence-electron chi connectivity index (χ1n) is 5.34. The van der Waals surface area contributed by atoms with Crippen LogP contribution in [0.2, 0.25) is 0 Å². The van der Waals surface area contributed by atoms with Crippen molar-refractivity contribution in [1.29, 1.82) is 0 Å². The van der Waals surface area contributed by atoms with Crippen LogP contribution in [-0.4, -0.2) is 46.1 Å². The second kappa shape index (κ2) is 4.52. The zero-order chi connectivity index (χ0) is 14.2. The lowest BCUT2D eigenvalue weighted by Crippen LogP contribution is -2.53. The summed E-state index contributed by atoms with van der Waals surface area (Å²) >= 11 is 0. The fourth-order valence-electron chi connectivity index (χ4n) is 1.78. The van der Waals surface area contributed by atoms with E-state index < -0.39 is 18.1 Å². The molecule has 0 unspecified atom stereocenters. The number of carbonyl (C=O) groups is 2. The van der Waals surface area contributed by atoms with Gasteiger partial charge >= 0.3 is 18.1 Å². The first kappa shape index (κ1) is 13.3. The van der Waals surface area contributed by atoms with Gasteiger partial charge in [0.1, 0.15) is 0 Å². The number of aromatic carboxylic acids is 1. The number of carboxylic acids is 1. The molecule has 1 N–H and O–H groups in total. The molecule has 1 fully saturated rings. The van der Waals surface area contributed by atoms with Gasteiger partial charge in [-0.15, -0.1) is 0 Å². The summed E-state index contributed by atoms with van der Waals surface area (Å²) in [5, 5.41) is 8.67. The van der Waals surface area contributed by atoms with Crippen molar-refractivity contribution in [2.75, 3.05) is 13.1 Å². The number of hydrogen-bond acceptors (Lipinski definition) is 3. The number of carboxylic acid groups (broad SMARTS) is 1. The minimum Gasteiger partial charge on any atom is -0.478 e. The van der Waals surface area contributed by atoms with E-state index in [1.165, 1.54) is 12.1 Å². The molecule has 1 aliphatic rings. The quantitative estimate of drug-likeness (QED) is 0.881. The summed E-state index contributed by atoms with van der Waals surface area (Å²) in [6.07, 6.45) is -3.71. The SMILES string of the molecule is O=C(O)c1ccc(C2CN(C(=O)C(F)(F)F)C2)nc1. The molecule has 0 saturated carbocycles. The normalized spacial score (nSPS) is 16.1. The van der Waals surface area contributed by atoms with Gasteiger partial charge in [-0.3, -0.25) is 9.78 Å². The van der Waals surface area contributed by atoms with Crippen LogP contribution in [0, 0.1) is 0 Å². The van der Waals surface area contributed by atoms with E-state index in [1.807, 2.05) is 0 Å². The fourth-order valence-corrected chi connectivity index (χ4v) is 1.78. The van der Waals surface area contributed by atoms with Crippen molar-refractivity contribution in [3.63, 3.8) is 0 Å². The predicted molar refractivity (Wildman–Crippen MR) is 56.6 cm³/mol. The number of amides is 1. The third-order valence-corrected chi connectivity index (χ3v) is 2.86. The molecule has 1 aromatic rings. The number of halogens is 3. The maximum Gasteiger partial charge on any atom is 0.471 e. The van der Waals surface area contributed by atoms with E-state index in [4.69, 9.17) is 5.11 Å². The summed E-state index contributed by atoms with van der Waals surface area (Å²) in [5.74, 6) is -3.26. The summed E-state index contributed by atoms with van der Waals surface area (Å²) in [6.45, 7) is -0.116. The Kier molecular flexibility index (Phi) is 3.17. The number of likely N-dealkylation sites (tertiary alicyclic amines) is 1. The van der Waals surface area contributed by atoms with E-state index in [1.54, 1.807) is 0 Å². The van der Waals surface area contributed by atoms with Gasteiger partial charge in [0.05, 0.1) is 5.56 Å². The molecule has 0 atom stereocenters. The van der Waals surface area contributed by atoms with Crippen LogP contribution in [0.25, 0.3) is 0 Å². The van der Waals surface area contributed by atoms with Crippen LogP contribution >= 0.6 is 0 Å². The molecule has 0 radical (unpaired) electrons. The fraction of sp³-hybridized carbons (Fsp3) is 0.364. The van der Waals surface area contributed by atoms with Gasteiger partial charge in [-0.1, -0.05) is 0 Å². The average Bonchev–Trinajstić information content (AvgIpc) is 2.26. The van der Waals surface area contributed by atoms with Crippen LogP contribution in [-0.2, 0) is 4.79 Å². The number of rotatable bonds is 2. The Morgan fingerprint density at radius 1 is 1.32 bits per heavy atom. The lowest BCUT2D eigenvalue weighted by molar-refractivity contribution is -0.189. The molecule has 1 aromatic heterocycles. The van der Waals surface area contributed by atoms with Crippen molar-refractivity contribution in [3.8, 4) is 0 Å². The van der Waals surface area contributed by atoms with Crippen molar-refractivity contribution < 1.29 is 27.9 Å². The predicted octanol–water partition coefficient (Wildman–Crippen LogP) is 1.27. The van der Waals surface area contributed by atoms with Gasteiger partial charge in [0.25, 0.3) is 0 Å². The van der Waals surface area contributed by atoms with Gasteiger partial charge in [0, 0.05) is 30.9 Å². The summed E-state index contributed by atoms with van der Waals surface area (Å²) in [6, 6.07) is 2.78. The van der Waals surface area contributed by atoms with E-state index in [0.717, 1.165) is 6.20 Å². The maximum atomic E-state index is 12.1. The molecule has 0 aromatic carbocycles. The molecule has 8 heteroatoms. The second-order valence-electron chi connectivity index (χ2n) is 4.18. The van der Waals surface area contributed by atoms with Gasteiger partial charge in [0.2, 0.25) is 0 Å². The first-order valence-corrected chi connectivity index (χ1v) is 5.34. The van der Waals surface area contributed by atoms with Crippen molar-refractivity contribution in [2.45, 2.75) is 12.1 Å². The summed E-state index contributed by atoms with van der Waals surface area (Å²) in [4.78, 5) is 26.0. The molecule has 1 aliphatic heterocycles. The zero-order valence-corrected chi connectivity index (χ0v) is 9.52. The van der Waals surface area contributed by atoms with E-state index in [-0.39, 0.29) is 24.6 Å². The van der Waals surface area contributed by atoms with Crippen LogP contribution in [0.5, 0.6) is 0 Å². The molecular weight excluding hydrogens is 265 g/mol. The number of aromatic nitrogens is 1. The number of alkyl halides is 3. The molecule has 1 amide bonds. The highest BCUT2D eigenvalue weighted by Gasteiger charge is 2.47. The minimum absolute atomic E-state index is 0.00583. The molecule has 0 spiro atoms. The van der Waals surface area contributed by atoms with Crippen LogP contribution in [0.1, 0.15) is 22.0 Å². The Balaban J connectivity index is 1.97. The highest BCUT2D eigenvalue weighted by molar-refractivity contribution is 5.87. The van der Waals surface area contributed by atoms with Gasteiger partial charge in [-0.25, -0.2) is 4.79 Å². The molecule has 2 heterocycles. The molecular formula is C11H9F3N2O3. The molecule has 0 bridgehead atoms. The smallest absolute Gasteiger partial charge is 0.471 e. The molecule has 5 nitrogen and oxygen atoms in total. The lowest BCUT2D eigenvalue weighted by atomic mass is 9.95. The van der Waals surface area contributed by atoms with Crippen LogP contribution in [0.3, 0.4) is 0 Å². The van der Waals surface area contributed by atoms with Crippen LogP contribution < -0.4 is 0 Å². The van der Waals surface area contributed by atoms with Crippen molar-refractivity contribution in [2.24, 2.45) is 0 Å². The molecule has 2 rings (SSSR count). The lowest BCUT2D eigenvalue weighted by Gasteiger charge is -2.39. The second-order valence-corrected chi connectivity index (χ2v) is 4.18. The van der Waals surface area contributed by atoms with Gasteiger partial charge in [-0.2, -0.15) is 13.2 Å². The standard InChI is InChI=1S/C11H9F3N2O3/c12-11(13,14)10(19)16-4-7(5-16)8-2-1-6(3-15-8)9(17)18/h1-3,7H,4-5H2,(H,17,18). The van der Waals surface area contributed by atoms with E-state index >= 15 is 0 Å². The Bertz CT molecular complexity index is 507. The molecule has 1 saturated heterocycles. The summed E-state index contributed by atoms with van der Waals surface area (Å²) in [7, 11) is 0. The van der Waals surface area contributed by atoms with Crippen molar-refractivity contribution in [3.05, 3.63) is 29.6 Å². The Morgan fingerprint density at radius 3 is 2.37 bits per heavy atom. The number of pyridine rings is 1. The third-order valence-electron chi connectivity index (χ3n) is 2.86. The van der Waals surface area contributed by atoms with Crippen LogP contribution in [0.15, 0.2) is 18.3 Å². The third kappa shape index (κ3) is 2.67. The van der Waals surface area contributed by atoms with E-state index in [9.17, 15) is 22.8 Å². The average molecular weight is 274 g/mol. The van der Waals surface area contributed by atoms with E-state index in [2.05, 4.69) is 4.98 Å². The van der Waals surface area contributed by atoms with Crippen molar-refractivity contribution >= 4 is 11.9 Å². The number of carbonyl (C=O) groups excluding carboxylic acids is 1. The highest BCUT2D eigenvalue weighted by Crippen LogP contribution is 2.29. The van der Waals surface area contributed by atoms with Gasteiger partial charge in [-0.05, 0) is 12.1 Å². The largest absolute Gasteiger partial charge is 0.478 e. The van der Waals surface area contributed by atoms with Gasteiger partial charge in [0.15, 0.2) is 0 Å².